The lowest BCUT2D eigenvalue weighted by Gasteiger charge is -2.11. The standard InChI is InChI=1S/C16H15NO3/c1-9(2)8-17-13-7-12-14(18)10-5-3-4-6-11(10)15(19)16(12)20-13/h3-7,9,17H,8H2,1-2H3. The molecule has 4 nitrogen and oxygen atoms in total. The van der Waals surface area contributed by atoms with Crippen LogP contribution in [-0.4, -0.2) is 18.1 Å². The van der Waals surface area contributed by atoms with Crippen molar-refractivity contribution in [1.29, 1.82) is 0 Å². The summed E-state index contributed by atoms with van der Waals surface area (Å²) in [7, 11) is 0. The Hall–Kier alpha value is -2.36. The quantitative estimate of drug-likeness (QED) is 0.793. The molecule has 20 heavy (non-hydrogen) atoms. The van der Waals surface area contributed by atoms with Gasteiger partial charge in [-0.05, 0) is 5.92 Å². The van der Waals surface area contributed by atoms with Gasteiger partial charge in [0, 0.05) is 23.7 Å². The highest BCUT2D eigenvalue weighted by atomic mass is 16.4. The molecule has 2 aromatic rings. The van der Waals surface area contributed by atoms with E-state index >= 15 is 0 Å². The highest BCUT2D eigenvalue weighted by Gasteiger charge is 2.33. The van der Waals surface area contributed by atoms with Gasteiger partial charge >= 0.3 is 0 Å². The van der Waals surface area contributed by atoms with Crippen LogP contribution in [0.4, 0.5) is 5.88 Å². The van der Waals surface area contributed by atoms with Gasteiger partial charge < -0.3 is 9.73 Å². The molecule has 1 aliphatic carbocycles. The molecule has 0 saturated carbocycles. The van der Waals surface area contributed by atoms with Crippen molar-refractivity contribution in [3.63, 3.8) is 0 Å². The zero-order valence-corrected chi connectivity index (χ0v) is 11.4. The van der Waals surface area contributed by atoms with Crippen LogP contribution in [0, 0.1) is 5.92 Å². The minimum absolute atomic E-state index is 0.139. The zero-order valence-electron chi connectivity index (χ0n) is 11.4. The minimum atomic E-state index is -0.229. The molecule has 0 unspecified atom stereocenters. The molecule has 0 atom stereocenters. The molecule has 0 spiro atoms. The summed E-state index contributed by atoms with van der Waals surface area (Å²) in [5.74, 6) is 0.670. The topological polar surface area (TPSA) is 59.3 Å². The Balaban J connectivity index is 2.01. The Labute approximate surface area is 116 Å². The van der Waals surface area contributed by atoms with Gasteiger partial charge in [-0.1, -0.05) is 38.1 Å². The van der Waals surface area contributed by atoms with Crippen LogP contribution in [0.3, 0.4) is 0 Å². The summed E-state index contributed by atoms with van der Waals surface area (Å²) in [6.07, 6.45) is 0. The van der Waals surface area contributed by atoms with Crippen LogP contribution < -0.4 is 5.32 Å². The van der Waals surface area contributed by atoms with Crippen molar-refractivity contribution in [2.45, 2.75) is 13.8 Å². The maximum Gasteiger partial charge on any atom is 0.229 e. The molecule has 0 radical (unpaired) electrons. The van der Waals surface area contributed by atoms with Gasteiger partial charge in [0.15, 0.2) is 17.4 Å². The normalized spacial score (nSPS) is 13.3. The van der Waals surface area contributed by atoms with Crippen LogP contribution in [-0.2, 0) is 0 Å². The van der Waals surface area contributed by atoms with Gasteiger partial charge in [-0.25, -0.2) is 0 Å². The van der Waals surface area contributed by atoms with Crippen molar-refractivity contribution in [3.05, 3.63) is 52.8 Å². The summed E-state index contributed by atoms with van der Waals surface area (Å²) in [6, 6.07) is 8.45. The highest BCUT2D eigenvalue weighted by molar-refractivity contribution is 6.27. The maximum absolute atomic E-state index is 12.4. The second-order valence-electron chi connectivity index (χ2n) is 5.33. The third-order valence-electron chi connectivity index (χ3n) is 3.28. The number of ketones is 2. The lowest BCUT2D eigenvalue weighted by Crippen LogP contribution is -2.18. The molecule has 0 amide bonds. The molecule has 4 heteroatoms. The van der Waals surface area contributed by atoms with Crippen molar-refractivity contribution in [1.82, 2.24) is 0 Å². The van der Waals surface area contributed by atoms with Crippen molar-refractivity contribution >= 4 is 17.5 Å². The Bertz CT molecular complexity index is 645. The van der Waals surface area contributed by atoms with Crippen LogP contribution in [0.15, 0.2) is 34.7 Å². The number of nitrogens with one attached hydrogen (secondary N) is 1. The van der Waals surface area contributed by atoms with Gasteiger partial charge in [-0.3, -0.25) is 9.59 Å². The van der Waals surface area contributed by atoms with Gasteiger partial charge in [0.1, 0.15) is 0 Å². The Kier molecular flexibility index (Phi) is 2.93. The molecule has 0 saturated heterocycles. The molecule has 1 heterocycles. The monoisotopic (exact) mass is 269 g/mol. The van der Waals surface area contributed by atoms with Gasteiger partial charge in [0.05, 0.1) is 5.56 Å². The Morgan fingerprint density at radius 1 is 1.05 bits per heavy atom. The predicted molar refractivity (Wildman–Crippen MR) is 75.3 cm³/mol. The average molecular weight is 269 g/mol. The van der Waals surface area contributed by atoms with Crippen LogP contribution in [0.5, 0.6) is 0 Å². The minimum Gasteiger partial charge on any atom is -0.436 e. The third kappa shape index (κ3) is 1.93. The van der Waals surface area contributed by atoms with Gasteiger partial charge in [-0.2, -0.15) is 0 Å². The van der Waals surface area contributed by atoms with E-state index in [1.807, 2.05) is 0 Å². The first-order valence-corrected chi connectivity index (χ1v) is 6.64. The molecule has 0 bridgehead atoms. The SMILES string of the molecule is CC(C)CNc1cc2c(o1)C(=O)c1ccccc1C2=O. The van der Waals surface area contributed by atoms with Crippen LogP contribution in [0.2, 0.25) is 0 Å². The Morgan fingerprint density at radius 3 is 2.35 bits per heavy atom. The number of hydrogen-bond donors (Lipinski definition) is 1. The van der Waals surface area contributed by atoms with Gasteiger partial charge in [0.25, 0.3) is 0 Å². The summed E-state index contributed by atoms with van der Waals surface area (Å²) in [4.78, 5) is 24.7. The highest BCUT2D eigenvalue weighted by Crippen LogP contribution is 2.31. The van der Waals surface area contributed by atoms with Gasteiger partial charge in [-0.15, -0.1) is 0 Å². The molecule has 0 fully saturated rings. The summed E-state index contributed by atoms with van der Waals surface area (Å²) >= 11 is 0. The number of rotatable bonds is 3. The summed E-state index contributed by atoms with van der Waals surface area (Å²) in [5.41, 5.74) is 1.20. The Morgan fingerprint density at radius 2 is 1.70 bits per heavy atom. The molecular weight excluding hydrogens is 254 g/mol. The molecule has 0 aliphatic heterocycles. The van der Waals surface area contributed by atoms with E-state index in [4.69, 9.17) is 4.42 Å². The van der Waals surface area contributed by atoms with E-state index in [-0.39, 0.29) is 17.3 Å². The van der Waals surface area contributed by atoms with Crippen molar-refractivity contribution < 1.29 is 14.0 Å². The zero-order chi connectivity index (χ0) is 14.3. The van der Waals surface area contributed by atoms with Crippen molar-refractivity contribution in [2.75, 3.05) is 11.9 Å². The summed E-state index contributed by atoms with van der Waals surface area (Å²) in [6.45, 7) is 4.87. The molecule has 3 rings (SSSR count). The van der Waals surface area contributed by atoms with E-state index in [1.165, 1.54) is 0 Å². The van der Waals surface area contributed by atoms with E-state index in [0.717, 1.165) is 6.54 Å². The largest absolute Gasteiger partial charge is 0.436 e. The lowest BCUT2D eigenvalue weighted by molar-refractivity contribution is 0.0961. The number of anilines is 1. The van der Waals surface area contributed by atoms with E-state index in [2.05, 4.69) is 19.2 Å². The molecule has 1 aromatic carbocycles. The molecule has 1 N–H and O–H groups in total. The van der Waals surface area contributed by atoms with Gasteiger partial charge in [0.2, 0.25) is 5.78 Å². The number of hydrogen-bond acceptors (Lipinski definition) is 4. The maximum atomic E-state index is 12.4. The van der Waals surface area contributed by atoms with Crippen molar-refractivity contribution in [3.8, 4) is 0 Å². The smallest absolute Gasteiger partial charge is 0.229 e. The second-order valence-corrected chi connectivity index (χ2v) is 5.33. The number of furan rings is 1. The predicted octanol–water partition coefficient (Wildman–Crippen LogP) is 3.12. The fourth-order valence-corrected chi connectivity index (χ4v) is 2.27. The number of carbonyl (C=O) groups is 2. The van der Waals surface area contributed by atoms with Crippen LogP contribution >= 0.6 is 0 Å². The van der Waals surface area contributed by atoms with Crippen LogP contribution in [0.1, 0.15) is 45.9 Å². The number of fused-ring (bicyclic) bond motifs is 2. The van der Waals surface area contributed by atoms with Crippen molar-refractivity contribution in [2.24, 2.45) is 5.92 Å². The summed E-state index contributed by atoms with van der Waals surface area (Å²) in [5, 5.41) is 3.10. The van der Waals surface area contributed by atoms with E-state index in [0.29, 0.717) is 28.5 Å². The lowest BCUT2D eigenvalue weighted by atomic mass is 9.89. The molecule has 1 aliphatic rings. The van der Waals surface area contributed by atoms with E-state index in [1.54, 1.807) is 30.3 Å². The van der Waals surface area contributed by atoms with Crippen LogP contribution in [0.25, 0.3) is 0 Å². The molecule has 1 aromatic heterocycles. The fraction of sp³-hybridized carbons (Fsp3) is 0.250. The third-order valence-corrected chi connectivity index (χ3v) is 3.28. The first-order valence-electron chi connectivity index (χ1n) is 6.64. The first-order chi connectivity index (χ1) is 9.58. The summed E-state index contributed by atoms with van der Waals surface area (Å²) < 4.78 is 5.51. The fourth-order valence-electron chi connectivity index (χ4n) is 2.27. The second kappa shape index (κ2) is 4.63. The number of benzene rings is 1. The average Bonchev–Trinajstić information content (AvgIpc) is 2.87. The van der Waals surface area contributed by atoms with E-state index < -0.39 is 0 Å². The number of carbonyl (C=O) groups excluding carboxylic acids is 2. The first kappa shape index (κ1) is 12.7. The molecule has 102 valence electrons. The van der Waals surface area contributed by atoms with E-state index in [9.17, 15) is 9.59 Å². The molecular formula is C16H15NO3.